The molecule has 0 radical (unpaired) electrons. The molecule has 0 saturated carbocycles. The molecule has 1 aliphatic rings. The fourth-order valence-electron chi connectivity index (χ4n) is 2.87. The molecule has 0 bridgehead atoms. The lowest BCUT2D eigenvalue weighted by Gasteiger charge is -2.16. The Balaban J connectivity index is 1.57. The molecule has 28 heavy (non-hydrogen) atoms. The first kappa shape index (κ1) is 19.5. The molecule has 1 fully saturated rings. The van der Waals surface area contributed by atoms with Crippen molar-refractivity contribution in [3.63, 3.8) is 0 Å². The number of nitrogens with one attached hydrogen (secondary N) is 2. The van der Waals surface area contributed by atoms with Crippen LogP contribution in [-0.4, -0.2) is 30.4 Å². The molecule has 2 aromatic carbocycles. The van der Waals surface area contributed by atoms with Crippen LogP contribution in [-0.2, 0) is 20.8 Å². The number of nitrogens with zero attached hydrogens (tertiary/aromatic N) is 1. The Bertz CT molecular complexity index is 868. The van der Waals surface area contributed by atoms with Gasteiger partial charge in [-0.15, -0.1) is 0 Å². The van der Waals surface area contributed by atoms with Gasteiger partial charge in [-0.05, 0) is 48.9 Å². The Hall–Kier alpha value is -3.26. The fourth-order valence-corrected chi connectivity index (χ4v) is 2.87. The number of carbonyl (C=O) groups excluding carboxylic acids is 3. The quantitative estimate of drug-likeness (QED) is 0.560. The summed E-state index contributed by atoms with van der Waals surface area (Å²) in [5, 5.41) is 0. The highest BCUT2D eigenvalue weighted by Gasteiger charge is 2.39. The van der Waals surface area contributed by atoms with Crippen LogP contribution in [0.1, 0.15) is 18.9 Å². The number of hydrogen-bond acceptors (Lipinski definition) is 5. The maximum atomic E-state index is 12.9. The molecule has 1 aliphatic heterocycles. The van der Waals surface area contributed by atoms with E-state index < -0.39 is 17.9 Å². The minimum absolute atomic E-state index is 0.0186. The van der Waals surface area contributed by atoms with Crippen molar-refractivity contribution in [2.75, 3.05) is 11.5 Å². The lowest BCUT2D eigenvalue weighted by Crippen LogP contribution is -2.48. The van der Waals surface area contributed by atoms with E-state index in [1.165, 1.54) is 24.3 Å². The van der Waals surface area contributed by atoms with Crippen molar-refractivity contribution in [3.05, 3.63) is 59.9 Å². The van der Waals surface area contributed by atoms with E-state index in [0.717, 1.165) is 4.90 Å². The van der Waals surface area contributed by atoms with E-state index in [9.17, 15) is 18.8 Å². The normalized spacial score (nSPS) is 16.4. The number of hydrogen-bond donors (Lipinski definition) is 2. The molecule has 1 heterocycles. The van der Waals surface area contributed by atoms with Gasteiger partial charge in [0.15, 0.2) is 0 Å². The molecule has 7 nitrogen and oxygen atoms in total. The molecular formula is C20H20FN3O4. The van der Waals surface area contributed by atoms with Crippen LogP contribution in [0.3, 0.4) is 0 Å². The van der Waals surface area contributed by atoms with Crippen LogP contribution in [0, 0.1) is 5.82 Å². The molecule has 2 aromatic rings. The smallest absolute Gasteiger partial charge is 0.253 e. The number of carbonyl (C=O) groups is 3. The third-order valence-electron chi connectivity index (χ3n) is 4.22. The van der Waals surface area contributed by atoms with Gasteiger partial charge in [0, 0.05) is 0 Å². The first-order valence-electron chi connectivity index (χ1n) is 8.86. The van der Waals surface area contributed by atoms with E-state index in [4.69, 9.17) is 4.74 Å². The first-order valence-corrected chi connectivity index (χ1v) is 8.86. The van der Waals surface area contributed by atoms with Crippen molar-refractivity contribution in [2.45, 2.75) is 25.8 Å². The summed E-state index contributed by atoms with van der Waals surface area (Å²) in [5.74, 6) is -0.943. The Labute approximate surface area is 161 Å². The van der Waals surface area contributed by atoms with Crippen molar-refractivity contribution in [2.24, 2.45) is 0 Å². The number of ether oxygens (including phenoxy) is 1. The molecule has 1 saturated heterocycles. The van der Waals surface area contributed by atoms with Crippen LogP contribution in [0.4, 0.5) is 10.1 Å². The summed E-state index contributed by atoms with van der Waals surface area (Å²) in [7, 11) is 0. The van der Waals surface area contributed by atoms with Crippen molar-refractivity contribution < 1.29 is 23.5 Å². The standard InChI is InChI=1S/C20H20FN3O4/c1-2-28-16-9-7-15(8-10-16)24-19(26)12-17(20(24)27)22-23-18(25)11-13-3-5-14(21)6-4-13/h3-10,17,22H,2,11-12H2,1H3,(H,23,25)/t17-/m0/s1. The zero-order chi connectivity index (χ0) is 20.1. The number of amides is 3. The molecule has 1 atom stereocenters. The topological polar surface area (TPSA) is 87.7 Å². The van der Waals surface area contributed by atoms with E-state index in [1.54, 1.807) is 24.3 Å². The molecule has 146 valence electrons. The van der Waals surface area contributed by atoms with Crippen LogP contribution in [0.25, 0.3) is 0 Å². The average Bonchev–Trinajstić information content (AvgIpc) is 2.96. The largest absolute Gasteiger partial charge is 0.494 e. The summed E-state index contributed by atoms with van der Waals surface area (Å²) in [6.45, 7) is 2.38. The van der Waals surface area contributed by atoms with Crippen LogP contribution < -0.4 is 20.5 Å². The molecule has 0 spiro atoms. The fraction of sp³-hybridized carbons (Fsp3) is 0.250. The highest BCUT2D eigenvalue weighted by atomic mass is 19.1. The average molecular weight is 385 g/mol. The lowest BCUT2D eigenvalue weighted by molar-refractivity contribution is -0.122. The third kappa shape index (κ3) is 4.52. The van der Waals surface area contributed by atoms with E-state index >= 15 is 0 Å². The summed E-state index contributed by atoms with van der Waals surface area (Å²) in [5.41, 5.74) is 6.12. The minimum Gasteiger partial charge on any atom is -0.494 e. The van der Waals surface area contributed by atoms with Gasteiger partial charge in [0.25, 0.3) is 5.91 Å². The van der Waals surface area contributed by atoms with E-state index in [2.05, 4.69) is 10.9 Å². The van der Waals surface area contributed by atoms with Crippen molar-refractivity contribution in [3.8, 4) is 5.75 Å². The predicted octanol–water partition coefficient (Wildman–Crippen LogP) is 1.72. The zero-order valence-electron chi connectivity index (χ0n) is 15.3. The third-order valence-corrected chi connectivity index (χ3v) is 4.22. The Morgan fingerprint density at radius 3 is 2.46 bits per heavy atom. The van der Waals surface area contributed by atoms with Crippen LogP contribution in [0.5, 0.6) is 5.75 Å². The Morgan fingerprint density at radius 2 is 1.82 bits per heavy atom. The van der Waals surface area contributed by atoms with Crippen LogP contribution in [0.15, 0.2) is 48.5 Å². The zero-order valence-corrected chi connectivity index (χ0v) is 15.3. The number of anilines is 1. The summed E-state index contributed by atoms with van der Waals surface area (Å²) in [6.07, 6.45) is -0.0480. The van der Waals surface area contributed by atoms with E-state index in [-0.39, 0.29) is 24.6 Å². The van der Waals surface area contributed by atoms with Gasteiger partial charge < -0.3 is 4.74 Å². The lowest BCUT2D eigenvalue weighted by atomic mass is 10.1. The monoisotopic (exact) mass is 385 g/mol. The highest BCUT2D eigenvalue weighted by Crippen LogP contribution is 2.25. The summed E-state index contributed by atoms with van der Waals surface area (Å²) < 4.78 is 18.2. The van der Waals surface area contributed by atoms with Crippen LogP contribution >= 0.6 is 0 Å². The highest BCUT2D eigenvalue weighted by molar-refractivity contribution is 6.22. The van der Waals surface area contributed by atoms with Crippen molar-refractivity contribution in [1.29, 1.82) is 0 Å². The summed E-state index contributed by atoms with van der Waals surface area (Å²) >= 11 is 0. The number of hydrazine groups is 1. The molecule has 3 amide bonds. The SMILES string of the molecule is CCOc1ccc(N2C(=O)C[C@H](NNC(=O)Cc3ccc(F)cc3)C2=O)cc1. The molecule has 3 rings (SSSR count). The second kappa shape index (κ2) is 8.62. The van der Waals surface area contributed by atoms with Gasteiger partial charge in [-0.2, -0.15) is 0 Å². The van der Waals surface area contributed by atoms with E-state index in [0.29, 0.717) is 23.6 Å². The van der Waals surface area contributed by atoms with E-state index in [1.807, 2.05) is 6.92 Å². The molecule has 0 aliphatic carbocycles. The number of halogens is 1. The summed E-state index contributed by atoms with van der Waals surface area (Å²) in [6, 6.07) is 11.3. The Morgan fingerprint density at radius 1 is 1.14 bits per heavy atom. The van der Waals surface area contributed by atoms with Gasteiger partial charge >= 0.3 is 0 Å². The maximum absolute atomic E-state index is 12.9. The van der Waals surface area contributed by atoms with Gasteiger partial charge in [-0.1, -0.05) is 12.1 Å². The molecule has 8 heteroatoms. The molecular weight excluding hydrogens is 365 g/mol. The second-order valence-corrected chi connectivity index (χ2v) is 6.25. The van der Waals surface area contributed by atoms with Crippen molar-refractivity contribution in [1.82, 2.24) is 10.9 Å². The number of imide groups is 1. The number of rotatable bonds is 7. The maximum Gasteiger partial charge on any atom is 0.253 e. The van der Waals surface area contributed by atoms with Crippen molar-refractivity contribution >= 4 is 23.4 Å². The van der Waals surface area contributed by atoms with Gasteiger partial charge in [-0.25, -0.2) is 14.7 Å². The van der Waals surface area contributed by atoms with Gasteiger partial charge in [0.1, 0.15) is 17.6 Å². The summed E-state index contributed by atoms with van der Waals surface area (Å²) in [4.78, 5) is 37.9. The minimum atomic E-state index is -0.851. The number of benzene rings is 2. The van der Waals surface area contributed by atoms with Gasteiger partial charge in [0.05, 0.1) is 25.1 Å². The molecule has 0 aromatic heterocycles. The second-order valence-electron chi connectivity index (χ2n) is 6.25. The predicted molar refractivity (Wildman–Crippen MR) is 99.9 cm³/mol. The molecule has 2 N–H and O–H groups in total. The van der Waals surface area contributed by atoms with Gasteiger partial charge in [-0.3, -0.25) is 19.8 Å². The first-order chi connectivity index (χ1) is 13.5. The Kier molecular flexibility index (Phi) is 6.00. The van der Waals surface area contributed by atoms with Crippen LogP contribution in [0.2, 0.25) is 0 Å². The molecule has 0 unspecified atom stereocenters. The van der Waals surface area contributed by atoms with Gasteiger partial charge in [0.2, 0.25) is 11.8 Å².